The summed E-state index contributed by atoms with van der Waals surface area (Å²) < 4.78 is 32.0. The molecule has 0 radical (unpaired) electrons. The first-order chi connectivity index (χ1) is 8.87. The average molecular weight is 284 g/mol. The molecule has 1 fully saturated rings. The Bertz CT molecular complexity index is 542. The number of nitrogens with two attached hydrogens (primary N) is 1. The summed E-state index contributed by atoms with van der Waals surface area (Å²) in [5, 5.41) is 0. The molecule has 2 N–H and O–H groups in total. The van der Waals surface area contributed by atoms with Gasteiger partial charge in [-0.3, -0.25) is 0 Å². The summed E-state index contributed by atoms with van der Waals surface area (Å²) in [6, 6.07) is 6.30. The highest BCUT2D eigenvalue weighted by Crippen LogP contribution is 2.28. The number of nitrogens with zero attached hydrogens (tertiary/aromatic N) is 1. The van der Waals surface area contributed by atoms with Crippen LogP contribution in [0.3, 0.4) is 0 Å². The van der Waals surface area contributed by atoms with Gasteiger partial charge in [0.1, 0.15) is 0 Å². The molecule has 106 valence electrons. The van der Waals surface area contributed by atoms with E-state index >= 15 is 0 Å². The number of sulfonamides is 1. The zero-order chi connectivity index (χ0) is 14.1. The van der Waals surface area contributed by atoms with Gasteiger partial charge in [0.25, 0.3) is 0 Å². The Hall–Kier alpha value is -1.11. The van der Waals surface area contributed by atoms with Crippen LogP contribution in [0.5, 0.6) is 0 Å². The van der Waals surface area contributed by atoms with E-state index in [2.05, 4.69) is 0 Å². The van der Waals surface area contributed by atoms with Gasteiger partial charge in [0.2, 0.25) is 10.0 Å². The van der Waals surface area contributed by atoms with E-state index in [1.54, 1.807) is 31.4 Å². The van der Waals surface area contributed by atoms with E-state index in [1.807, 2.05) is 6.92 Å². The molecule has 0 bridgehead atoms. The molecule has 1 heterocycles. The first kappa shape index (κ1) is 14.3. The SMILES string of the molecule is COC1(C)CCCN(S(=O)(=O)c2ccc(N)cc2)C1. The zero-order valence-corrected chi connectivity index (χ0v) is 12.1. The van der Waals surface area contributed by atoms with Crippen molar-refractivity contribution in [1.29, 1.82) is 0 Å². The molecule has 1 aromatic carbocycles. The minimum Gasteiger partial charge on any atom is -0.399 e. The summed E-state index contributed by atoms with van der Waals surface area (Å²) in [4.78, 5) is 0.280. The van der Waals surface area contributed by atoms with Gasteiger partial charge in [-0.05, 0) is 44.0 Å². The van der Waals surface area contributed by atoms with Crippen LogP contribution in [0.15, 0.2) is 29.2 Å². The molecule has 1 unspecified atom stereocenters. The van der Waals surface area contributed by atoms with E-state index in [4.69, 9.17) is 10.5 Å². The van der Waals surface area contributed by atoms with Gasteiger partial charge < -0.3 is 10.5 Å². The lowest BCUT2D eigenvalue weighted by Crippen LogP contribution is -2.49. The number of methoxy groups -OCH3 is 1. The first-order valence-corrected chi connectivity index (χ1v) is 7.72. The molecule has 0 amide bonds. The van der Waals surface area contributed by atoms with Crippen molar-refractivity contribution in [2.75, 3.05) is 25.9 Å². The van der Waals surface area contributed by atoms with Gasteiger partial charge in [-0.2, -0.15) is 4.31 Å². The minimum absolute atomic E-state index is 0.280. The molecule has 0 aromatic heterocycles. The molecule has 1 aliphatic rings. The lowest BCUT2D eigenvalue weighted by Gasteiger charge is -2.38. The van der Waals surface area contributed by atoms with Crippen molar-refractivity contribution in [1.82, 2.24) is 4.31 Å². The Labute approximate surface area is 114 Å². The molecule has 1 atom stereocenters. The second kappa shape index (κ2) is 5.11. The standard InChI is InChI=1S/C13H20N2O3S/c1-13(18-2)8-3-9-15(10-13)19(16,17)12-6-4-11(14)5-7-12/h4-7H,3,8-10,14H2,1-2H3. The van der Waals surface area contributed by atoms with E-state index in [-0.39, 0.29) is 4.90 Å². The van der Waals surface area contributed by atoms with Crippen molar-refractivity contribution in [3.63, 3.8) is 0 Å². The lowest BCUT2D eigenvalue weighted by atomic mass is 9.96. The molecule has 6 heteroatoms. The molecular weight excluding hydrogens is 264 g/mol. The third kappa shape index (κ3) is 2.91. The van der Waals surface area contributed by atoms with E-state index in [1.165, 1.54) is 4.31 Å². The Morgan fingerprint density at radius 1 is 1.32 bits per heavy atom. The van der Waals surface area contributed by atoms with Crippen LogP contribution < -0.4 is 5.73 Å². The van der Waals surface area contributed by atoms with Gasteiger partial charge in [0.15, 0.2) is 0 Å². The first-order valence-electron chi connectivity index (χ1n) is 6.28. The summed E-state index contributed by atoms with van der Waals surface area (Å²) >= 11 is 0. The second-order valence-corrected chi connectivity index (χ2v) is 7.10. The van der Waals surface area contributed by atoms with Crippen LogP contribution >= 0.6 is 0 Å². The summed E-state index contributed by atoms with van der Waals surface area (Å²) in [7, 11) is -1.84. The van der Waals surface area contributed by atoms with Gasteiger partial charge >= 0.3 is 0 Å². The molecule has 1 aliphatic heterocycles. The van der Waals surface area contributed by atoms with Crippen LogP contribution in [0.1, 0.15) is 19.8 Å². The summed E-state index contributed by atoms with van der Waals surface area (Å²) in [5.41, 5.74) is 5.74. The number of hydrogen-bond acceptors (Lipinski definition) is 4. The van der Waals surface area contributed by atoms with Crippen LogP contribution in [0, 0.1) is 0 Å². The number of piperidine rings is 1. The van der Waals surface area contributed by atoms with Crippen LogP contribution in [0.25, 0.3) is 0 Å². The topological polar surface area (TPSA) is 72.6 Å². The quantitative estimate of drug-likeness (QED) is 0.853. The fourth-order valence-electron chi connectivity index (χ4n) is 2.32. The number of hydrogen-bond donors (Lipinski definition) is 1. The van der Waals surface area contributed by atoms with Crippen LogP contribution in [0.2, 0.25) is 0 Å². The van der Waals surface area contributed by atoms with Crippen LogP contribution in [0.4, 0.5) is 5.69 Å². The third-order valence-corrected chi connectivity index (χ3v) is 5.49. The molecule has 5 nitrogen and oxygen atoms in total. The Morgan fingerprint density at radius 2 is 1.95 bits per heavy atom. The monoisotopic (exact) mass is 284 g/mol. The molecule has 0 saturated carbocycles. The van der Waals surface area contributed by atoms with Gasteiger partial charge in [-0.15, -0.1) is 0 Å². The zero-order valence-electron chi connectivity index (χ0n) is 11.3. The predicted octanol–water partition coefficient (Wildman–Crippen LogP) is 1.46. The summed E-state index contributed by atoms with van der Waals surface area (Å²) in [5.74, 6) is 0. The molecule has 19 heavy (non-hydrogen) atoms. The van der Waals surface area contributed by atoms with Crippen LogP contribution in [-0.4, -0.2) is 38.5 Å². The fourth-order valence-corrected chi connectivity index (χ4v) is 3.91. The van der Waals surface area contributed by atoms with Crippen molar-refractivity contribution < 1.29 is 13.2 Å². The number of rotatable bonds is 3. The van der Waals surface area contributed by atoms with Gasteiger partial charge in [0, 0.05) is 25.9 Å². The lowest BCUT2D eigenvalue weighted by molar-refractivity contribution is -0.0319. The molecule has 1 saturated heterocycles. The minimum atomic E-state index is -3.46. The smallest absolute Gasteiger partial charge is 0.243 e. The van der Waals surface area contributed by atoms with E-state index < -0.39 is 15.6 Å². The number of ether oxygens (including phenoxy) is 1. The molecule has 2 rings (SSSR count). The second-order valence-electron chi connectivity index (χ2n) is 5.17. The molecular formula is C13H20N2O3S. The highest BCUT2D eigenvalue weighted by Gasteiger charge is 2.36. The molecule has 0 aliphatic carbocycles. The van der Waals surface area contributed by atoms with E-state index in [0.717, 1.165) is 12.8 Å². The molecule has 1 aromatic rings. The summed E-state index contributed by atoms with van der Waals surface area (Å²) in [6.45, 7) is 2.86. The highest BCUT2D eigenvalue weighted by atomic mass is 32.2. The van der Waals surface area contributed by atoms with Crippen molar-refractivity contribution in [3.8, 4) is 0 Å². The Kier molecular flexibility index (Phi) is 3.85. The Balaban J connectivity index is 2.27. The maximum absolute atomic E-state index is 12.5. The van der Waals surface area contributed by atoms with Crippen molar-refractivity contribution in [3.05, 3.63) is 24.3 Å². The van der Waals surface area contributed by atoms with Crippen molar-refractivity contribution in [2.24, 2.45) is 0 Å². The summed E-state index contributed by atoms with van der Waals surface area (Å²) in [6.07, 6.45) is 1.68. The Morgan fingerprint density at radius 3 is 2.53 bits per heavy atom. The number of benzene rings is 1. The largest absolute Gasteiger partial charge is 0.399 e. The highest BCUT2D eigenvalue weighted by molar-refractivity contribution is 7.89. The number of anilines is 1. The maximum Gasteiger partial charge on any atom is 0.243 e. The van der Waals surface area contributed by atoms with Crippen LogP contribution in [-0.2, 0) is 14.8 Å². The predicted molar refractivity (Wildman–Crippen MR) is 74.3 cm³/mol. The maximum atomic E-state index is 12.5. The van der Waals surface area contributed by atoms with Crippen molar-refractivity contribution >= 4 is 15.7 Å². The molecule has 0 spiro atoms. The normalized spacial score (nSPS) is 25.4. The van der Waals surface area contributed by atoms with Crippen molar-refractivity contribution in [2.45, 2.75) is 30.3 Å². The average Bonchev–Trinajstić information content (AvgIpc) is 2.39. The number of nitrogen functional groups attached to an aromatic ring is 1. The van der Waals surface area contributed by atoms with Gasteiger partial charge in [-0.25, -0.2) is 8.42 Å². The van der Waals surface area contributed by atoms with Gasteiger partial charge in [0.05, 0.1) is 10.5 Å². The third-order valence-electron chi connectivity index (χ3n) is 3.63. The fraction of sp³-hybridized carbons (Fsp3) is 0.538. The van der Waals surface area contributed by atoms with E-state index in [9.17, 15) is 8.42 Å². The van der Waals surface area contributed by atoms with E-state index in [0.29, 0.717) is 18.8 Å². The van der Waals surface area contributed by atoms with Gasteiger partial charge in [-0.1, -0.05) is 0 Å².